The highest BCUT2D eigenvalue weighted by Crippen LogP contribution is 2.28. The van der Waals surface area contributed by atoms with Crippen LogP contribution in [-0.2, 0) is 0 Å². The van der Waals surface area contributed by atoms with E-state index in [0.717, 1.165) is 31.7 Å². The van der Waals surface area contributed by atoms with Crippen LogP contribution in [0.15, 0.2) is 18.2 Å². The van der Waals surface area contributed by atoms with Crippen LogP contribution in [0.3, 0.4) is 0 Å². The smallest absolute Gasteiger partial charge is 0.282 e. The van der Waals surface area contributed by atoms with Gasteiger partial charge in [-0.15, -0.1) is 0 Å². The average molecular weight is 375 g/mol. The molecule has 19 heavy (non-hydrogen) atoms. The number of likely N-dealkylation sites (N-methyl/N-ethyl adjacent to an activating group) is 1. The Morgan fingerprint density at radius 1 is 1.42 bits per heavy atom. The van der Waals surface area contributed by atoms with Gasteiger partial charge in [0, 0.05) is 30.9 Å². The van der Waals surface area contributed by atoms with Crippen molar-refractivity contribution >= 4 is 34.0 Å². The van der Waals surface area contributed by atoms with E-state index in [9.17, 15) is 10.1 Å². The summed E-state index contributed by atoms with van der Waals surface area (Å²) in [6, 6.07) is 5.81. The summed E-state index contributed by atoms with van der Waals surface area (Å²) < 4.78 is 0.699. The second-order valence-corrected chi connectivity index (χ2v) is 6.21. The zero-order valence-electron chi connectivity index (χ0n) is 11.2. The lowest BCUT2D eigenvalue weighted by Gasteiger charge is -2.30. The Morgan fingerprint density at radius 2 is 2.16 bits per heavy atom. The van der Waals surface area contributed by atoms with Crippen LogP contribution in [0.4, 0.5) is 11.4 Å². The highest BCUT2D eigenvalue weighted by molar-refractivity contribution is 14.1. The molecule has 0 aliphatic carbocycles. The van der Waals surface area contributed by atoms with E-state index >= 15 is 0 Å². The molecule has 0 saturated carbocycles. The molecule has 1 unspecified atom stereocenters. The van der Waals surface area contributed by atoms with E-state index in [0.29, 0.717) is 9.61 Å². The van der Waals surface area contributed by atoms with Gasteiger partial charge >= 0.3 is 0 Å². The van der Waals surface area contributed by atoms with Crippen LogP contribution < -0.4 is 4.90 Å². The summed E-state index contributed by atoms with van der Waals surface area (Å²) in [6.07, 6.45) is 1.12. The van der Waals surface area contributed by atoms with Crippen molar-refractivity contribution in [1.82, 2.24) is 4.90 Å². The molecule has 0 bridgehead atoms. The summed E-state index contributed by atoms with van der Waals surface area (Å²) >= 11 is 2.04. The predicted octanol–water partition coefficient (Wildman–Crippen LogP) is 2.73. The van der Waals surface area contributed by atoms with E-state index in [1.807, 2.05) is 34.7 Å². The fraction of sp³-hybridized carbons (Fsp3) is 0.538. The number of halogens is 1. The van der Waals surface area contributed by atoms with Crippen molar-refractivity contribution in [2.45, 2.75) is 19.4 Å². The van der Waals surface area contributed by atoms with Gasteiger partial charge in [0.05, 0.1) is 8.49 Å². The maximum atomic E-state index is 10.9. The summed E-state index contributed by atoms with van der Waals surface area (Å²) in [7, 11) is 2.14. The van der Waals surface area contributed by atoms with Gasteiger partial charge in [-0.2, -0.15) is 0 Å². The molecule has 1 heterocycles. The largest absolute Gasteiger partial charge is 0.367 e. The molecule has 0 aromatic heterocycles. The van der Waals surface area contributed by atoms with E-state index < -0.39 is 0 Å². The third-order valence-electron chi connectivity index (χ3n) is 3.51. The maximum absolute atomic E-state index is 10.9. The van der Waals surface area contributed by atoms with Crippen LogP contribution in [0.1, 0.15) is 13.3 Å². The minimum absolute atomic E-state index is 0.184. The van der Waals surface area contributed by atoms with Gasteiger partial charge in [-0.05, 0) is 61.7 Å². The van der Waals surface area contributed by atoms with Gasteiger partial charge in [-0.1, -0.05) is 0 Å². The van der Waals surface area contributed by atoms with Crippen molar-refractivity contribution in [2.75, 3.05) is 31.6 Å². The molecule has 2 rings (SSSR count). The average Bonchev–Trinajstić information content (AvgIpc) is 2.49. The Kier molecular flexibility index (Phi) is 4.62. The standard InChI is InChI=1S/C13H18IN3O2/c1-10-9-15(2)6-3-7-16(10)11-4-5-13(17(18)19)12(14)8-11/h4-5,8,10H,3,6-7,9H2,1-2H3. The molecular formula is C13H18IN3O2. The quantitative estimate of drug-likeness (QED) is 0.453. The monoisotopic (exact) mass is 375 g/mol. The van der Waals surface area contributed by atoms with Gasteiger partial charge in [0.1, 0.15) is 0 Å². The van der Waals surface area contributed by atoms with Gasteiger partial charge < -0.3 is 9.80 Å². The molecule has 104 valence electrons. The number of hydrogen-bond donors (Lipinski definition) is 0. The van der Waals surface area contributed by atoms with E-state index in [1.54, 1.807) is 6.07 Å². The minimum Gasteiger partial charge on any atom is -0.367 e. The van der Waals surface area contributed by atoms with Gasteiger partial charge in [-0.3, -0.25) is 10.1 Å². The molecular weight excluding hydrogens is 357 g/mol. The molecule has 1 aromatic carbocycles. The predicted molar refractivity (Wildman–Crippen MR) is 84.7 cm³/mol. The van der Waals surface area contributed by atoms with Crippen molar-refractivity contribution < 1.29 is 4.92 Å². The lowest BCUT2D eigenvalue weighted by atomic mass is 10.2. The Hall–Kier alpha value is -0.890. The molecule has 0 N–H and O–H groups in total. The molecule has 1 aliphatic rings. The van der Waals surface area contributed by atoms with E-state index in [2.05, 4.69) is 23.8 Å². The summed E-state index contributed by atoms with van der Waals surface area (Å²) in [5.74, 6) is 0. The van der Waals surface area contributed by atoms with Crippen molar-refractivity contribution in [3.63, 3.8) is 0 Å². The van der Waals surface area contributed by atoms with Crippen LogP contribution in [0.25, 0.3) is 0 Å². The van der Waals surface area contributed by atoms with E-state index in [1.165, 1.54) is 0 Å². The van der Waals surface area contributed by atoms with Crippen molar-refractivity contribution in [1.29, 1.82) is 0 Å². The van der Waals surface area contributed by atoms with Gasteiger partial charge in [-0.25, -0.2) is 0 Å². The van der Waals surface area contributed by atoms with E-state index in [4.69, 9.17) is 0 Å². The number of nitrogens with zero attached hydrogens (tertiary/aromatic N) is 3. The molecule has 6 heteroatoms. The van der Waals surface area contributed by atoms with Crippen molar-refractivity contribution in [3.8, 4) is 0 Å². The number of nitro groups is 1. The fourth-order valence-corrected chi connectivity index (χ4v) is 3.27. The molecule has 5 nitrogen and oxygen atoms in total. The molecule has 1 fully saturated rings. The third-order valence-corrected chi connectivity index (χ3v) is 4.37. The zero-order chi connectivity index (χ0) is 14.0. The summed E-state index contributed by atoms with van der Waals surface area (Å²) in [5, 5.41) is 10.9. The van der Waals surface area contributed by atoms with Crippen LogP contribution in [0.5, 0.6) is 0 Å². The topological polar surface area (TPSA) is 49.6 Å². The van der Waals surface area contributed by atoms with Gasteiger partial charge in [0.2, 0.25) is 0 Å². The first kappa shape index (κ1) is 14.5. The SMILES string of the molecule is CC1CN(C)CCCN1c1ccc([N+](=O)[O-])c(I)c1. The molecule has 1 aromatic rings. The molecule has 1 aliphatic heterocycles. The first-order chi connectivity index (χ1) is 8.99. The van der Waals surface area contributed by atoms with Crippen LogP contribution in [-0.4, -0.2) is 42.5 Å². The van der Waals surface area contributed by atoms with Crippen LogP contribution >= 0.6 is 22.6 Å². The maximum Gasteiger partial charge on any atom is 0.282 e. The van der Waals surface area contributed by atoms with Gasteiger partial charge in [0.15, 0.2) is 0 Å². The summed E-state index contributed by atoms with van der Waals surface area (Å²) in [4.78, 5) is 15.2. The first-order valence-corrected chi connectivity index (χ1v) is 7.46. The number of hydrogen-bond acceptors (Lipinski definition) is 4. The molecule has 0 radical (unpaired) electrons. The molecule has 0 spiro atoms. The Labute approximate surface area is 126 Å². The third kappa shape index (κ3) is 3.36. The lowest BCUT2D eigenvalue weighted by Crippen LogP contribution is -2.37. The number of anilines is 1. The summed E-state index contributed by atoms with van der Waals surface area (Å²) in [6.45, 7) is 5.33. The zero-order valence-corrected chi connectivity index (χ0v) is 13.3. The number of nitro benzene ring substituents is 1. The number of rotatable bonds is 2. The van der Waals surface area contributed by atoms with Crippen molar-refractivity contribution in [2.24, 2.45) is 0 Å². The van der Waals surface area contributed by atoms with Gasteiger partial charge in [0.25, 0.3) is 5.69 Å². The van der Waals surface area contributed by atoms with Crippen LogP contribution in [0.2, 0.25) is 0 Å². The molecule has 1 saturated heterocycles. The van der Waals surface area contributed by atoms with Crippen LogP contribution in [0, 0.1) is 13.7 Å². The fourth-order valence-electron chi connectivity index (χ4n) is 2.58. The second-order valence-electron chi connectivity index (χ2n) is 5.05. The Balaban J connectivity index is 2.25. The number of benzene rings is 1. The molecule has 0 amide bonds. The first-order valence-electron chi connectivity index (χ1n) is 6.38. The Morgan fingerprint density at radius 3 is 2.79 bits per heavy atom. The lowest BCUT2D eigenvalue weighted by molar-refractivity contribution is -0.385. The second kappa shape index (κ2) is 6.04. The highest BCUT2D eigenvalue weighted by Gasteiger charge is 2.21. The van der Waals surface area contributed by atoms with Crippen molar-refractivity contribution in [3.05, 3.63) is 31.9 Å². The Bertz CT molecular complexity index is 481. The normalized spacial score (nSPS) is 21.2. The summed E-state index contributed by atoms with van der Waals surface area (Å²) in [5.41, 5.74) is 1.27. The van der Waals surface area contributed by atoms with E-state index in [-0.39, 0.29) is 10.6 Å². The molecule has 1 atom stereocenters. The minimum atomic E-state index is -0.328. The highest BCUT2D eigenvalue weighted by atomic mass is 127.